The molecule has 7 heteroatoms. The minimum Gasteiger partial charge on any atom is -0.463 e. The van der Waals surface area contributed by atoms with Crippen molar-refractivity contribution >= 4 is 12.0 Å². The second-order valence-corrected chi connectivity index (χ2v) is 6.63. The Bertz CT molecular complexity index is 708. The summed E-state index contributed by atoms with van der Waals surface area (Å²) in [7, 11) is 0. The normalized spacial score (nSPS) is 20.8. The number of morpholine rings is 1. The lowest BCUT2D eigenvalue weighted by Crippen LogP contribution is -2.49. The van der Waals surface area contributed by atoms with Gasteiger partial charge in [-0.25, -0.2) is 9.59 Å². The maximum Gasteiger partial charge on any atom is 0.338 e. The molecule has 2 aliphatic heterocycles. The van der Waals surface area contributed by atoms with Crippen molar-refractivity contribution in [3.05, 3.63) is 46.7 Å². The molecule has 0 bridgehead atoms. The molecule has 2 aliphatic rings. The van der Waals surface area contributed by atoms with Crippen molar-refractivity contribution in [3.63, 3.8) is 0 Å². The maximum atomic E-state index is 12.7. The number of hydrogen-bond donors (Lipinski definition) is 2. The number of ether oxygens (including phenoxy) is 2. The Morgan fingerprint density at radius 3 is 2.56 bits per heavy atom. The highest BCUT2D eigenvalue weighted by molar-refractivity contribution is 5.95. The Labute approximate surface area is 159 Å². The molecule has 0 aromatic heterocycles. The number of hydrogen-bond acceptors (Lipinski definition) is 5. The van der Waals surface area contributed by atoms with Gasteiger partial charge in [-0.3, -0.25) is 4.90 Å². The largest absolute Gasteiger partial charge is 0.463 e. The zero-order chi connectivity index (χ0) is 19.2. The number of esters is 1. The summed E-state index contributed by atoms with van der Waals surface area (Å²) in [5, 5.41) is 5.70. The predicted octanol–water partition coefficient (Wildman–Crippen LogP) is 1.75. The summed E-state index contributed by atoms with van der Waals surface area (Å²) in [6.07, 6.45) is 0.932. The van der Waals surface area contributed by atoms with Crippen LogP contribution in [0.4, 0.5) is 4.79 Å². The molecule has 1 atom stereocenters. The second kappa shape index (κ2) is 9.01. The molecule has 2 heterocycles. The van der Waals surface area contributed by atoms with Gasteiger partial charge in [-0.05, 0) is 24.5 Å². The van der Waals surface area contributed by atoms with Crippen LogP contribution in [0.3, 0.4) is 0 Å². The number of rotatable bonds is 6. The number of nitrogens with one attached hydrogen (secondary N) is 2. The summed E-state index contributed by atoms with van der Waals surface area (Å²) >= 11 is 0. The standard InChI is InChI=1S/C20H27N3O4/c1-3-14-5-7-15(8-6-14)18-17(19(24)27-4-2)16(21-20(25)22-18)13-23-9-11-26-12-10-23/h5-8,18H,3-4,9-13H2,1-2H3,(H2,21,22,25)/t18-/m0/s1. The van der Waals surface area contributed by atoms with Gasteiger partial charge in [0.15, 0.2) is 0 Å². The third kappa shape index (κ3) is 4.67. The Morgan fingerprint density at radius 2 is 1.93 bits per heavy atom. The molecular formula is C20H27N3O4. The van der Waals surface area contributed by atoms with Gasteiger partial charge in [0.2, 0.25) is 0 Å². The van der Waals surface area contributed by atoms with Gasteiger partial charge in [-0.1, -0.05) is 31.2 Å². The molecule has 0 aliphatic carbocycles. The average Bonchev–Trinajstić information content (AvgIpc) is 2.68. The van der Waals surface area contributed by atoms with E-state index in [2.05, 4.69) is 22.5 Å². The molecule has 1 aromatic carbocycles. The van der Waals surface area contributed by atoms with Crippen LogP contribution in [-0.4, -0.2) is 56.4 Å². The lowest BCUT2D eigenvalue weighted by molar-refractivity contribution is -0.139. The van der Waals surface area contributed by atoms with Gasteiger partial charge in [0.25, 0.3) is 0 Å². The topological polar surface area (TPSA) is 79.9 Å². The third-order valence-electron chi connectivity index (χ3n) is 4.86. The third-order valence-corrected chi connectivity index (χ3v) is 4.86. The second-order valence-electron chi connectivity index (χ2n) is 6.63. The minimum absolute atomic E-state index is 0.280. The monoisotopic (exact) mass is 373 g/mol. The van der Waals surface area contributed by atoms with Crippen LogP contribution in [0.25, 0.3) is 0 Å². The van der Waals surface area contributed by atoms with Gasteiger partial charge in [0.1, 0.15) is 0 Å². The van der Waals surface area contributed by atoms with E-state index in [9.17, 15) is 9.59 Å². The molecule has 0 unspecified atom stereocenters. The summed E-state index contributed by atoms with van der Waals surface area (Å²) in [6.45, 7) is 7.45. The van der Waals surface area contributed by atoms with Crippen molar-refractivity contribution < 1.29 is 19.1 Å². The lowest BCUT2D eigenvalue weighted by atomic mass is 9.94. The minimum atomic E-state index is -0.528. The highest BCUT2D eigenvalue weighted by atomic mass is 16.5. The van der Waals surface area contributed by atoms with Crippen LogP contribution in [0.5, 0.6) is 0 Å². The molecule has 2 amide bonds. The fourth-order valence-corrected chi connectivity index (χ4v) is 3.37. The quantitative estimate of drug-likeness (QED) is 0.743. The van der Waals surface area contributed by atoms with E-state index >= 15 is 0 Å². The first-order chi connectivity index (χ1) is 13.1. The zero-order valence-electron chi connectivity index (χ0n) is 15.9. The fourth-order valence-electron chi connectivity index (χ4n) is 3.37. The highest BCUT2D eigenvalue weighted by Gasteiger charge is 2.34. The number of aryl methyl sites for hydroxylation is 1. The number of carbonyl (C=O) groups is 2. The van der Waals surface area contributed by atoms with E-state index in [0.717, 1.165) is 25.1 Å². The molecule has 0 saturated carbocycles. The number of carbonyl (C=O) groups excluding carboxylic acids is 2. The van der Waals surface area contributed by atoms with Gasteiger partial charge in [-0.2, -0.15) is 0 Å². The average molecular weight is 373 g/mol. The van der Waals surface area contributed by atoms with Crippen LogP contribution >= 0.6 is 0 Å². The predicted molar refractivity (Wildman–Crippen MR) is 101 cm³/mol. The maximum absolute atomic E-state index is 12.7. The molecule has 1 fully saturated rings. The lowest BCUT2D eigenvalue weighted by Gasteiger charge is -2.33. The van der Waals surface area contributed by atoms with Crippen LogP contribution in [0.1, 0.15) is 31.0 Å². The molecular weight excluding hydrogens is 346 g/mol. The number of urea groups is 1. The van der Waals surface area contributed by atoms with Gasteiger partial charge in [0, 0.05) is 25.3 Å². The molecule has 146 valence electrons. The number of nitrogens with zero attached hydrogens (tertiary/aromatic N) is 1. The van der Waals surface area contributed by atoms with Crippen molar-refractivity contribution in [2.45, 2.75) is 26.3 Å². The van der Waals surface area contributed by atoms with Crippen LogP contribution in [0.2, 0.25) is 0 Å². The van der Waals surface area contributed by atoms with Crippen LogP contribution < -0.4 is 10.6 Å². The molecule has 1 saturated heterocycles. The van der Waals surface area contributed by atoms with E-state index in [1.807, 2.05) is 24.3 Å². The first-order valence-corrected chi connectivity index (χ1v) is 9.49. The molecule has 27 heavy (non-hydrogen) atoms. The SMILES string of the molecule is CCOC(=O)C1=C(CN2CCOCC2)NC(=O)N[C@H]1c1ccc(CC)cc1. The first kappa shape index (κ1) is 19.4. The Kier molecular flexibility index (Phi) is 6.47. The van der Waals surface area contributed by atoms with Crippen LogP contribution in [-0.2, 0) is 20.7 Å². The van der Waals surface area contributed by atoms with Crippen LogP contribution in [0.15, 0.2) is 35.5 Å². The molecule has 1 aromatic rings. The van der Waals surface area contributed by atoms with Crippen molar-refractivity contribution in [1.82, 2.24) is 15.5 Å². The number of benzene rings is 1. The van der Waals surface area contributed by atoms with Crippen molar-refractivity contribution in [2.24, 2.45) is 0 Å². The van der Waals surface area contributed by atoms with Gasteiger partial charge < -0.3 is 20.1 Å². The van der Waals surface area contributed by atoms with Crippen molar-refractivity contribution in [2.75, 3.05) is 39.5 Å². The summed E-state index contributed by atoms with van der Waals surface area (Å²) in [5.74, 6) is -0.405. The molecule has 3 rings (SSSR count). The van der Waals surface area contributed by atoms with E-state index in [4.69, 9.17) is 9.47 Å². The van der Waals surface area contributed by atoms with Crippen molar-refractivity contribution in [1.29, 1.82) is 0 Å². The summed E-state index contributed by atoms with van der Waals surface area (Å²) < 4.78 is 10.7. The molecule has 2 N–H and O–H groups in total. The Morgan fingerprint density at radius 1 is 1.22 bits per heavy atom. The van der Waals surface area contributed by atoms with Gasteiger partial charge in [-0.15, -0.1) is 0 Å². The summed E-state index contributed by atoms with van der Waals surface area (Å²) in [6, 6.07) is 7.12. The van der Waals surface area contributed by atoms with E-state index in [1.54, 1.807) is 6.92 Å². The van der Waals surface area contributed by atoms with E-state index in [1.165, 1.54) is 5.56 Å². The van der Waals surface area contributed by atoms with E-state index in [0.29, 0.717) is 31.0 Å². The first-order valence-electron chi connectivity index (χ1n) is 9.49. The highest BCUT2D eigenvalue weighted by Crippen LogP contribution is 2.28. The Hall–Kier alpha value is -2.38. The van der Waals surface area contributed by atoms with Gasteiger partial charge in [0.05, 0.1) is 31.4 Å². The van der Waals surface area contributed by atoms with E-state index in [-0.39, 0.29) is 12.6 Å². The molecule has 0 spiro atoms. The molecule has 7 nitrogen and oxygen atoms in total. The van der Waals surface area contributed by atoms with E-state index < -0.39 is 12.0 Å². The van der Waals surface area contributed by atoms with Gasteiger partial charge >= 0.3 is 12.0 Å². The van der Waals surface area contributed by atoms with Crippen molar-refractivity contribution in [3.8, 4) is 0 Å². The molecule has 0 radical (unpaired) electrons. The smallest absolute Gasteiger partial charge is 0.338 e. The summed E-state index contributed by atoms with van der Waals surface area (Å²) in [4.78, 5) is 27.2. The Balaban J connectivity index is 1.95. The van der Waals surface area contributed by atoms with Crippen LogP contribution in [0, 0.1) is 0 Å². The zero-order valence-corrected chi connectivity index (χ0v) is 15.9. The number of amides is 2. The fraction of sp³-hybridized carbons (Fsp3) is 0.500. The summed E-state index contributed by atoms with van der Waals surface area (Å²) in [5.41, 5.74) is 3.13.